The van der Waals surface area contributed by atoms with Crippen LogP contribution in [0.4, 0.5) is 10.5 Å². The topological polar surface area (TPSA) is 61.4 Å². The van der Waals surface area contributed by atoms with Crippen molar-refractivity contribution in [2.45, 2.75) is 13.8 Å². The minimum Gasteiger partial charge on any atom is -0.275 e. The van der Waals surface area contributed by atoms with Crippen LogP contribution in [0.15, 0.2) is 18.2 Å². The molecular weight excluding hydrogens is 206 g/mol. The summed E-state index contributed by atoms with van der Waals surface area (Å²) in [6, 6.07) is 5.29. The Morgan fingerprint density at radius 3 is 2.56 bits per heavy atom. The van der Waals surface area contributed by atoms with E-state index in [2.05, 4.69) is 10.7 Å². The molecule has 0 spiro atoms. The summed E-state index contributed by atoms with van der Waals surface area (Å²) in [4.78, 5) is 22.3. The molecule has 3 amide bonds. The maximum absolute atomic E-state index is 11.2. The van der Waals surface area contributed by atoms with Crippen molar-refractivity contribution in [1.29, 1.82) is 0 Å². The third kappa shape index (κ3) is 1.98. The van der Waals surface area contributed by atoms with E-state index in [-0.39, 0.29) is 12.5 Å². The lowest BCUT2D eigenvalue weighted by Crippen LogP contribution is -2.59. The summed E-state index contributed by atoms with van der Waals surface area (Å²) in [5.41, 5.74) is 5.68. The van der Waals surface area contributed by atoms with Gasteiger partial charge in [-0.05, 0) is 37.1 Å². The number of nitrogens with one attached hydrogen (secondary N) is 2. The SMILES string of the molecule is Cc1ccc(N2CC(=O)NC(=O)N2)cc1C. The zero-order valence-electron chi connectivity index (χ0n) is 9.20. The van der Waals surface area contributed by atoms with Crippen LogP contribution in [0.25, 0.3) is 0 Å². The highest BCUT2D eigenvalue weighted by Crippen LogP contribution is 2.17. The minimum absolute atomic E-state index is 0.133. The number of hydrogen-bond acceptors (Lipinski definition) is 3. The van der Waals surface area contributed by atoms with E-state index in [9.17, 15) is 9.59 Å². The molecule has 1 heterocycles. The highest BCUT2D eigenvalue weighted by atomic mass is 16.2. The van der Waals surface area contributed by atoms with Gasteiger partial charge in [0.05, 0.1) is 5.69 Å². The normalized spacial score (nSPS) is 15.8. The Morgan fingerprint density at radius 1 is 1.19 bits per heavy atom. The lowest BCUT2D eigenvalue weighted by Gasteiger charge is -2.28. The number of carbonyl (C=O) groups excluding carboxylic acids is 2. The van der Waals surface area contributed by atoms with Gasteiger partial charge >= 0.3 is 6.03 Å². The van der Waals surface area contributed by atoms with E-state index in [4.69, 9.17) is 0 Å². The summed E-state index contributed by atoms with van der Waals surface area (Å²) in [6.45, 7) is 4.14. The highest BCUT2D eigenvalue weighted by Gasteiger charge is 2.21. The van der Waals surface area contributed by atoms with Gasteiger partial charge in [0, 0.05) is 0 Å². The van der Waals surface area contributed by atoms with Gasteiger partial charge < -0.3 is 0 Å². The predicted molar refractivity (Wildman–Crippen MR) is 59.9 cm³/mol. The van der Waals surface area contributed by atoms with E-state index < -0.39 is 6.03 Å². The first kappa shape index (κ1) is 10.5. The standard InChI is InChI=1S/C11H13N3O2/c1-7-3-4-9(5-8(7)2)14-6-10(15)12-11(16)13-14/h3-5H,6H2,1-2H3,(H2,12,13,15,16). The van der Waals surface area contributed by atoms with Crippen molar-refractivity contribution in [3.63, 3.8) is 0 Å². The molecule has 0 unspecified atom stereocenters. The number of imide groups is 1. The largest absolute Gasteiger partial charge is 0.340 e. The minimum atomic E-state index is -0.491. The molecule has 1 aromatic carbocycles. The molecule has 0 atom stereocenters. The van der Waals surface area contributed by atoms with Gasteiger partial charge in [0.1, 0.15) is 6.54 Å². The molecule has 2 N–H and O–H groups in total. The molecule has 1 aliphatic rings. The van der Waals surface area contributed by atoms with Crippen LogP contribution in [0.3, 0.4) is 0 Å². The van der Waals surface area contributed by atoms with Gasteiger partial charge in [0.25, 0.3) is 0 Å². The van der Waals surface area contributed by atoms with Crippen LogP contribution in [0.1, 0.15) is 11.1 Å². The van der Waals surface area contributed by atoms with Crippen molar-refractivity contribution in [2.24, 2.45) is 0 Å². The molecule has 0 aromatic heterocycles. The second-order valence-corrected chi connectivity index (χ2v) is 3.84. The maximum Gasteiger partial charge on any atom is 0.340 e. The molecule has 16 heavy (non-hydrogen) atoms. The predicted octanol–water partition coefficient (Wildman–Crippen LogP) is 0.864. The fourth-order valence-corrected chi connectivity index (χ4v) is 1.55. The fraction of sp³-hybridized carbons (Fsp3) is 0.273. The van der Waals surface area contributed by atoms with Gasteiger partial charge in [-0.15, -0.1) is 0 Å². The van der Waals surface area contributed by atoms with Crippen LogP contribution in [0, 0.1) is 13.8 Å². The molecule has 0 saturated carbocycles. The average molecular weight is 219 g/mol. The molecule has 1 aromatic rings. The van der Waals surface area contributed by atoms with E-state index in [1.807, 2.05) is 32.0 Å². The van der Waals surface area contributed by atoms with E-state index in [1.165, 1.54) is 10.6 Å². The Labute approximate surface area is 93.4 Å². The molecule has 1 aliphatic heterocycles. The van der Waals surface area contributed by atoms with Crippen LogP contribution in [0.5, 0.6) is 0 Å². The van der Waals surface area contributed by atoms with Crippen LogP contribution < -0.4 is 15.8 Å². The molecule has 2 rings (SSSR count). The van der Waals surface area contributed by atoms with E-state index in [0.29, 0.717) is 0 Å². The molecule has 5 nitrogen and oxygen atoms in total. The Morgan fingerprint density at radius 2 is 1.94 bits per heavy atom. The van der Waals surface area contributed by atoms with Crippen LogP contribution in [-0.2, 0) is 4.79 Å². The number of urea groups is 1. The average Bonchev–Trinajstić information content (AvgIpc) is 2.20. The molecule has 1 fully saturated rings. The maximum atomic E-state index is 11.2. The molecule has 0 aliphatic carbocycles. The van der Waals surface area contributed by atoms with E-state index in [1.54, 1.807) is 0 Å². The smallest absolute Gasteiger partial charge is 0.275 e. The zero-order valence-corrected chi connectivity index (χ0v) is 9.20. The first-order valence-corrected chi connectivity index (χ1v) is 5.01. The third-order valence-electron chi connectivity index (χ3n) is 2.59. The molecule has 0 bridgehead atoms. The summed E-state index contributed by atoms with van der Waals surface area (Å²) in [6.07, 6.45) is 0. The van der Waals surface area contributed by atoms with Crippen molar-refractivity contribution in [3.05, 3.63) is 29.3 Å². The molecule has 5 heteroatoms. The Bertz CT molecular complexity index is 441. The second-order valence-electron chi connectivity index (χ2n) is 3.84. The van der Waals surface area contributed by atoms with Crippen LogP contribution in [0.2, 0.25) is 0 Å². The zero-order chi connectivity index (χ0) is 11.7. The number of rotatable bonds is 1. The summed E-state index contributed by atoms with van der Waals surface area (Å²) in [5.74, 6) is -0.304. The van der Waals surface area contributed by atoms with Crippen molar-refractivity contribution in [2.75, 3.05) is 11.6 Å². The van der Waals surface area contributed by atoms with Gasteiger partial charge in [-0.2, -0.15) is 0 Å². The van der Waals surface area contributed by atoms with Crippen molar-refractivity contribution < 1.29 is 9.59 Å². The van der Waals surface area contributed by atoms with Gasteiger partial charge in [-0.3, -0.25) is 15.1 Å². The van der Waals surface area contributed by atoms with Crippen molar-refractivity contribution in [3.8, 4) is 0 Å². The fourth-order valence-electron chi connectivity index (χ4n) is 1.55. The Balaban J connectivity index is 2.26. The summed E-state index contributed by atoms with van der Waals surface area (Å²) in [7, 11) is 0. The summed E-state index contributed by atoms with van der Waals surface area (Å²) < 4.78 is 0. The third-order valence-corrected chi connectivity index (χ3v) is 2.59. The number of carbonyl (C=O) groups is 2. The molecular formula is C11H13N3O2. The number of hydrazine groups is 1. The van der Waals surface area contributed by atoms with Crippen LogP contribution >= 0.6 is 0 Å². The quantitative estimate of drug-likeness (QED) is 0.736. The number of aryl methyl sites for hydroxylation is 2. The number of amides is 3. The first-order valence-electron chi connectivity index (χ1n) is 5.01. The van der Waals surface area contributed by atoms with Crippen molar-refractivity contribution in [1.82, 2.24) is 10.7 Å². The number of nitrogens with zero attached hydrogens (tertiary/aromatic N) is 1. The van der Waals surface area contributed by atoms with Crippen molar-refractivity contribution >= 4 is 17.6 Å². The van der Waals surface area contributed by atoms with Crippen LogP contribution in [-0.4, -0.2) is 18.5 Å². The summed E-state index contributed by atoms with van der Waals surface area (Å²) in [5, 5.41) is 3.71. The van der Waals surface area contributed by atoms with E-state index in [0.717, 1.165) is 11.3 Å². The Kier molecular flexibility index (Phi) is 2.52. The van der Waals surface area contributed by atoms with Gasteiger partial charge in [-0.25, -0.2) is 10.2 Å². The van der Waals surface area contributed by atoms with Gasteiger partial charge in [0.2, 0.25) is 5.91 Å². The monoisotopic (exact) mass is 219 g/mol. The molecule has 84 valence electrons. The van der Waals surface area contributed by atoms with E-state index >= 15 is 0 Å². The number of anilines is 1. The second kappa shape index (κ2) is 3.84. The molecule has 0 radical (unpaired) electrons. The lowest BCUT2D eigenvalue weighted by molar-refractivity contribution is -0.119. The highest BCUT2D eigenvalue weighted by molar-refractivity contribution is 6.00. The number of hydrogen-bond donors (Lipinski definition) is 2. The molecule has 1 saturated heterocycles. The number of benzene rings is 1. The van der Waals surface area contributed by atoms with Gasteiger partial charge in [0.15, 0.2) is 0 Å². The lowest BCUT2D eigenvalue weighted by atomic mass is 10.1. The summed E-state index contributed by atoms with van der Waals surface area (Å²) >= 11 is 0. The first-order chi connectivity index (χ1) is 7.56. The Hall–Kier alpha value is -2.04. The van der Waals surface area contributed by atoms with Gasteiger partial charge in [-0.1, -0.05) is 6.07 Å².